The lowest BCUT2D eigenvalue weighted by molar-refractivity contribution is -0.376. The maximum Gasteiger partial charge on any atom is 0.330 e. The van der Waals surface area contributed by atoms with E-state index in [2.05, 4.69) is 0 Å². The average molecular weight is 799 g/mol. The summed E-state index contributed by atoms with van der Waals surface area (Å²) in [5.41, 5.74) is 0.825. The highest BCUT2D eigenvalue weighted by Crippen LogP contribution is 2.33. The topological polar surface area (TPSA) is 324 Å². The van der Waals surface area contributed by atoms with Gasteiger partial charge in [-0.25, -0.2) is 4.79 Å². The zero-order valence-corrected chi connectivity index (χ0v) is 29.7. The number of phenols is 4. The first-order valence-electron chi connectivity index (χ1n) is 17.4. The molecule has 0 radical (unpaired) electrons. The van der Waals surface area contributed by atoms with Crippen molar-refractivity contribution in [2.45, 2.75) is 99.0 Å². The number of carbonyl (C=O) groups is 1. The Bertz CT molecular complexity index is 1670. The van der Waals surface area contributed by atoms with E-state index in [4.69, 9.17) is 33.2 Å². The molecule has 3 heterocycles. The summed E-state index contributed by atoms with van der Waals surface area (Å²) in [5, 5.41) is 123. The Kier molecular flexibility index (Phi) is 14.6. The summed E-state index contributed by atoms with van der Waals surface area (Å²) < 4.78 is 39.2. The maximum atomic E-state index is 12.6. The number of aliphatic hydroxyl groups is 8. The van der Waals surface area contributed by atoms with Gasteiger partial charge in [0.1, 0.15) is 73.8 Å². The molecule has 0 amide bonds. The second kappa shape index (κ2) is 19.0. The average Bonchev–Trinajstić information content (AvgIpc) is 3.17. The Balaban J connectivity index is 1.27. The van der Waals surface area contributed by atoms with Gasteiger partial charge in [0.25, 0.3) is 0 Å². The standard InChI is InChI=1S/C36H46O20/c1-15-32(55-36-29(47)27(45)25(43)22(13-37)53-36)28(46)30(48)35(52-15)56-33-26(44)23(14-51-24(42)9-6-17-5-8-19(39)21(41)12-17)54-34(31(33)49)50-10-2-3-16-4-7-18(38)20(40)11-16/h2-9,11-12,15,22-23,25-41,43-49H,10,13-14H2,1H3. The molecule has 0 saturated carbocycles. The molecule has 0 spiro atoms. The number of aromatic hydroxyl groups is 4. The molecule has 15 unspecified atom stereocenters. The van der Waals surface area contributed by atoms with Crippen LogP contribution in [-0.4, -0.2) is 179 Å². The van der Waals surface area contributed by atoms with Crippen molar-refractivity contribution in [3.63, 3.8) is 0 Å². The van der Waals surface area contributed by atoms with Gasteiger partial charge in [-0.15, -0.1) is 0 Å². The monoisotopic (exact) mass is 798 g/mol. The summed E-state index contributed by atoms with van der Waals surface area (Å²) in [6.07, 6.45) is -19.4. The van der Waals surface area contributed by atoms with Crippen LogP contribution in [0.4, 0.5) is 0 Å². The lowest BCUT2D eigenvalue weighted by Gasteiger charge is -2.47. The minimum Gasteiger partial charge on any atom is -0.504 e. The zero-order chi connectivity index (χ0) is 40.8. The van der Waals surface area contributed by atoms with Crippen LogP contribution in [-0.2, 0) is 38.0 Å². The van der Waals surface area contributed by atoms with E-state index in [0.29, 0.717) is 11.1 Å². The van der Waals surface area contributed by atoms with E-state index >= 15 is 0 Å². The molecule has 3 fully saturated rings. The number of aliphatic hydroxyl groups excluding tert-OH is 8. The van der Waals surface area contributed by atoms with Gasteiger partial charge in [0.2, 0.25) is 0 Å². The van der Waals surface area contributed by atoms with Crippen LogP contribution in [0.25, 0.3) is 12.2 Å². The molecule has 20 nitrogen and oxygen atoms in total. The Labute approximate surface area is 318 Å². The number of rotatable bonds is 13. The van der Waals surface area contributed by atoms with Gasteiger partial charge in [-0.1, -0.05) is 24.3 Å². The van der Waals surface area contributed by atoms with Gasteiger partial charge in [0.05, 0.1) is 19.3 Å². The van der Waals surface area contributed by atoms with E-state index < -0.39 is 117 Å². The molecule has 12 N–H and O–H groups in total. The third-order valence-corrected chi connectivity index (χ3v) is 9.32. The van der Waals surface area contributed by atoms with Crippen molar-refractivity contribution >= 4 is 18.1 Å². The molecule has 2 aromatic rings. The van der Waals surface area contributed by atoms with E-state index in [1.807, 2.05) is 0 Å². The van der Waals surface area contributed by atoms with Crippen LogP contribution in [0.1, 0.15) is 18.1 Å². The fraction of sp³-hybridized carbons (Fsp3) is 0.528. The first kappa shape index (κ1) is 43.2. The van der Waals surface area contributed by atoms with E-state index in [-0.39, 0.29) is 23.9 Å². The minimum absolute atomic E-state index is 0.226. The van der Waals surface area contributed by atoms with Crippen molar-refractivity contribution < 1.29 is 99.2 Å². The highest BCUT2D eigenvalue weighted by Gasteiger charge is 2.53. The molecule has 0 aliphatic carbocycles. The van der Waals surface area contributed by atoms with Gasteiger partial charge >= 0.3 is 5.97 Å². The highest BCUT2D eigenvalue weighted by atomic mass is 16.8. The van der Waals surface area contributed by atoms with Crippen LogP contribution in [0, 0.1) is 0 Å². The van der Waals surface area contributed by atoms with Gasteiger partial charge in [-0.05, 0) is 48.4 Å². The van der Waals surface area contributed by atoms with Gasteiger partial charge < -0.3 is 94.4 Å². The second-order valence-corrected chi connectivity index (χ2v) is 13.3. The van der Waals surface area contributed by atoms with Crippen molar-refractivity contribution in [2.24, 2.45) is 0 Å². The quantitative estimate of drug-likeness (QED) is 0.0556. The molecule has 0 bridgehead atoms. The molecule has 56 heavy (non-hydrogen) atoms. The molecule has 15 atom stereocenters. The van der Waals surface area contributed by atoms with Crippen LogP contribution in [0.15, 0.2) is 48.6 Å². The summed E-state index contributed by atoms with van der Waals surface area (Å²) in [6.45, 7) is -0.207. The third kappa shape index (κ3) is 10.1. The van der Waals surface area contributed by atoms with Gasteiger partial charge in [-0.2, -0.15) is 0 Å². The zero-order valence-electron chi connectivity index (χ0n) is 29.7. The van der Waals surface area contributed by atoms with E-state index in [0.717, 1.165) is 6.08 Å². The number of phenolic OH excluding ortho intramolecular Hbond substituents is 4. The number of hydrogen-bond donors (Lipinski definition) is 12. The summed E-state index contributed by atoms with van der Waals surface area (Å²) in [7, 11) is 0. The van der Waals surface area contributed by atoms with Gasteiger partial charge in [-0.3, -0.25) is 0 Å². The Morgan fingerprint density at radius 2 is 1.21 bits per heavy atom. The van der Waals surface area contributed by atoms with Crippen LogP contribution in [0.5, 0.6) is 23.0 Å². The molecule has 0 aromatic heterocycles. The first-order valence-corrected chi connectivity index (χ1v) is 17.4. The number of hydrogen-bond acceptors (Lipinski definition) is 20. The number of carbonyl (C=O) groups excluding carboxylic acids is 1. The largest absolute Gasteiger partial charge is 0.504 e. The maximum absolute atomic E-state index is 12.6. The SMILES string of the molecule is CC1OC(OC2C(O)C(COC(=O)C=Cc3ccc(O)c(O)c3)OC(OCC=Cc3ccc(O)c(O)c3)C2O)C(O)C(O)C1OC1OC(CO)C(O)C(O)C1O. The summed E-state index contributed by atoms with van der Waals surface area (Å²) in [6, 6.07) is 7.88. The Hall–Kier alpha value is -3.97. The normalized spacial score (nSPS) is 36.6. The minimum atomic E-state index is -1.94. The van der Waals surface area contributed by atoms with Crippen molar-refractivity contribution in [2.75, 3.05) is 19.8 Å². The summed E-state index contributed by atoms with van der Waals surface area (Å²) >= 11 is 0. The lowest BCUT2D eigenvalue weighted by atomic mass is 9.96. The lowest BCUT2D eigenvalue weighted by Crippen LogP contribution is -2.66. The molecule has 3 aliphatic rings. The molecular weight excluding hydrogens is 752 g/mol. The third-order valence-electron chi connectivity index (χ3n) is 9.32. The van der Waals surface area contributed by atoms with Crippen molar-refractivity contribution in [1.29, 1.82) is 0 Å². The van der Waals surface area contributed by atoms with Crippen LogP contribution in [0.2, 0.25) is 0 Å². The van der Waals surface area contributed by atoms with E-state index in [1.165, 1.54) is 61.5 Å². The molecule has 3 aliphatic heterocycles. The predicted molar refractivity (Wildman–Crippen MR) is 185 cm³/mol. The van der Waals surface area contributed by atoms with E-state index in [1.54, 1.807) is 0 Å². The number of esters is 1. The highest BCUT2D eigenvalue weighted by molar-refractivity contribution is 5.87. The predicted octanol–water partition coefficient (Wildman–Crippen LogP) is -2.72. The summed E-state index contributed by atoms with van der Waals surface area (Å²) in [5.74, 6) is -2.38. The second-order valence-electron chi connectivity index (χ2n) is 13.3. The fourth-order valence-electron chi connectivity index (χ4n) is 6.13. The Morgan fingerprint density at radius 1 is 0.643 bits per heavy atom. The van der Waals surface area contributed by atoms with Gasteiger partial charge in [0, 0.05) is 6.08 Å². The van der Waals surface area contributed by atoms with Gasteiger partial charge in [0.15, 0.2) is 41.9 Å². The summed E-state index contributed by atoms with van der Waals surface area (Å²) in [4.78, 5) is 12.6. The smallest absolute Gasteiger partial charge is 0.330 e. The molecular formula is C36H46O20. The molecule has 3 saturated heterocycles. The van der Waals surface area contributed by atoms with Crippen LogP contribution < -0.4 is 0 Å². The number of benzene rings is 2. The van der Waals surface area contributed by atoms with Crippen molar-refractivity contribution in [3.8, 4) is 23.0 Å². The molecule has 310 valence electrons. The fourth-order valence-corrected chi connectivity index (χ4v) is 6.13. The molecule has 20 heteroatoms. The van der Waals surface area contributed by atoms with Crippen LogP contribution >= 0.6 is 0 Å². The van der Waals surface area contributed by atoms with Crippen LogP contribution in [0.3, 0.4) is 0 Å². The van der Waals surface area contributed by atoms with Crippen molar-refractivity contribution in [3.05, 3.63) is 59.7 Å². The molecule has 2 aromatic carbocycles. The Morgan fingerprint density at radius 3 is 1.84 bits per heavy atom. The molecule has 5 rings (SSSR count). The van der Waals surface area contributed by atoms with Crippen molar-refractivity contribution in [1.82, 2.24) is 0 Å². The van der Waals surface area contributed by atoms with E-state index in [9.17, 15) is 66.1 Å². The first-order chi connectivity index (χ1) is 26.6. The number of ether oxygens (including phenoxy) is 7.